The van der Waals surface area contributed by atoms with Crippen molar-refractivity contribution >= 4 is 11.6 Å². The lowest BCUT2D eigenvalue weighted by Crippen LogP contribution is -2.05. The summed E-state index contributed by atoms with van der Waals surface area (Å²) in [5, 5.41) is 0.761. The minimum Gasteiger partial charge on any atom is -0.310 e. The van der Waals surface area contributed by atoms with Crippen molar-refractivity contribution in [3.05, 3.63) is 46.3 Å². The van der Waals surface area contributed by atoms with Gasteiger partial charge in [0.1, 0.15) is 0 Å². The average molecular weight is 192 g/mol. The molecular weight excluding hydrogens is 182 g/mol. The molecule has 1 aromatic rings. The highest BCUT2D eigenvalue weighted by Crippen LogP contribution is 2.42. The summed E-state index contributed by atoms with van der Waals surface area (Å²) in [6.45, 7) is 7.06. The first-order chi connectivity index (χ1) is 6.24. The van der Waals surface area contributed by atoms with Crippen molar-refractivity contribution in [3.8, 4) is 0 Å². The van der Waals surface area contributed by atoms with Crippen LogP contribution < -0.4 is 0 Å². The van der Waals surface area contributed by atoms with E-state index in [9.17, 15) is 0 Å². The summed E-state index contributed by atoms with van der Waals surface area (Å²) >= 11 is 5.77. The van der Waals surface area contributed by atoms with Crippen LogP contribution >= 0.6 is 11.6 Å². The molecule has 1 aromatic carbocycles. The van der Waals surface area contributed by atoms with Crippen molar-refractivity contribution in [3.63, 3.8) is 0 Å². The lowest BCUT2D eigenvalue weighted by Gasteiger charge is -2.02. The zero-order valence-electron chi connectivity index (χ0n) is 7.26. The van der Waals surface area contributed by atoms with Gasteiger partial charge in [0.05, 0.1) is 6.42 Å². The van der Waals surface area contributed by atoms with E-state index in [4.69, 9.17) is 18.2 Å². The van der Waals surface area contributed by atoms with Crippen molar-refractivity contribution in [1.29, 1.82) is 0 Å². The Balaban J connectivity index is 2.11. The molecule has 0 radical (unpaired) electrons. The van der Waals surface area contributed by atoms with Crippen molar-refractivity contribution in [2.45, 2.75) is 24.8 Å². The number of hydrogen-bond donors (Lipinski definition) is 0. The molecule has 1 aliphatic rings. The number of nitrogens with zero attached hydrogens (tertiary/aromatic N) is 1. The van der Waals surface area contributed by atoms with E-state index in [2.05, 4.69) is 4.85 Å². The molecule has 0 spiro atoms. The van der Waals surface area contributed by atoms with Crippen molar-refractivity contribution in [2.24, 2.45) is 0 Å². The van der Waals surface area contributed by atoms with Gasteiger partial charge < -0.3 is 4.85 Å². The fourth-order valence-electron chi connectivity index (χ4n) is 1.45. The van der Waals surface area contributed by atoms with Gasteiger partial charge in [0.25, 0.3) is 0 Å². The molecule has 0 unspecified atom stereocenters. The Morgan fingerprint density at radius 1 is 1.31 bits per heavy atom. The van der Waals surface area contributed by atoms with Gasteiger partial charge in [-0.15, -0.1) is 0 Å². The zero-order chi connectivity index (χ0) is 9.31. The summed E-state index contributed by atoms with van der Waals surface area (Å²) in [5.41, 5.74) is 1.16. The minimum absolute atomic E-state index is 0.0617. The monoisotopic (exact) mass is 191 g/mol. The Morgan fingerprint density at radius 3 is 2.38 bits per heavy atom. The van der Waals surface area contributed by atoms with E-state index in [0.717, 1.165) is 24.3 Å². The highest BCUT2D eigenvalue weighted by atomic mass is 35.5. The van der Waals surface area contributed by atoms with E-state index in [1.165, 1.54) is 5.56 Å². The molecule has 0 saturated heterocycles. The second-order valence-electron chi connectivity index (χ2n) is 3.64. The zero-order valence-corrected chi connectivity index (χ0v) is 8.01. The molecule has 0 atom stereocenters. The molecule has 1 aliphatic carbocycles. The highest BCUT2D eigenvalue weighted by molar-refractivity contribution is 6.30. The fraction of sp³-hybridized carbons (Fsp3) is 0.364. The summed E-state index contributed by atoms with van der Waals surface area (Å²) in [4.78, 5) is 3.67. The van der Waals surface area contributed by atoms with Crippen LogP contribution in [0.5, 0.6) is 0 Å². The van der Waals surface area contributed by atoms with Crippen molar-refractivity contribution in [1.82, 2.24) is 0 Å². The maximum Gasteiger partial charge on any atom is 0.237 e. The molecule has 0 aliphatic heterocycles. The van der Waals surface area contributed by atoms with Crippen LogP contribution in [0, 0.1) is 6.57 Å². The molecule has 0 amide bonds. The van der Waals surface area contributed by atoms with E-state index >= 15 is 0 Å². The van der Waals surface area contributed by atoms with Crippen LogP contribution in [-0.4, -0.2) is 5.54 Å². The molecule has 1 nitrogen and oxygen atoms in total. The largest absolute Gasteiger partial charge is 0.310 e. The summed E-state index contributed by atoms with van der Waals surface area (Å²) in [6.07, 6.45) is 2.99. The number of halogens is 1. The Bertz CT molecular complexity index is 343. The molecular formula is C11H10ClN. The van der Waals surface area contributed by atoms with Crippen LogP contribution in [0.1, 0.15) is 18.4 Å². The predicted molar refractivity (Wildman–Crippen MR) is 53.7 cm³/mol. The quantitative estimate of drug-likeness (QED) is 0.632. The van der Waals surface area contributed by atoms with E-state index in [-0.39, 0.29) is 5.54 Å². The first kappa shape index (κ1) is 8.59. The first-order valence-corrected chi connectivity index (χ1v) is 4.75. The summed E-state index contributed by atoms with van der Waals surface area (Å²) in [7, 11) is 0. The molecule has 1 fully saturated rings. The van der Waals surface area contributed by atoms with Gasteiger partial charge in [0.2, 0.25) is 5.54 Å². The van der Waals surface area contributed by atoms with Crippen LogP contribution in [0.4, 0.5) is 0 Å². The van der Waals surface area contributed by atoms with E-state index in [1.807, 2.05) is 24.3 Å². The highest BCUT2D eigenvalue weighted by Gasteiger charge is 2.50. The van der Waals surface area contributed by atoms with Gasteiger partial charge in [-0.1, -0.05) is 23.7 Å². The SMILES string of the molecule is [C-]#[N+]C1(Cc2ccc(Cl)cc2)CC1. The van der Waals surface area contributed by atoms with Crippen LogP contribution in [0.15, 0.2) is 24.3 Å². The van der Waals surface area contributed by atoms with Crippen molar-refractivity contribution in [2.75, 3.05) is 0 Å². The molecule has 0 bridgehead atoms. The smallest absolute Gasteiger partial charge is 0.237 e. The van der Waals surface area contributed by atoms with Crippen molar-refractivity contribution < 1.29 is 0 Å². The van der Waals surface area contributed by atoms with Crippen LogP contribution in [0.25, 0.3) is 4.85 Å². The molecule has 0 aromatic heterocycles. The standard InChI is InChI=1S/C11H10ClN/c1-13-11(6-7-11)8-9-2-4-10(12)5-3-9/h2-5H,6-8H2. The van der Waals surface area contributed by atoms with Gasteiger partial charge in [-0.05, 0) is 17.7 Å². The topological polar surface area (TPSA) is 4.36 Å². The lowest BCUT2D eigenvalue weighted by molar-refractivity contribution is 0.781. The van der Waals surface area contributed by atoms with Gasteiger partial charge in [-0.3, -0.25) is 0 Å². The second kappa shape index (κ2) is 3.05. The second-order valence-corrected chi connectivity index (χ2v) is 4.08. The molecule has 0 N–H and O–H groups in total. The molecule has 1 saturated carbocycles. The average Bonchev–Trinajstić information content (AvgIpc) is 2.90. The van der Waals surface area contributed by atoms with Gasteiger partial charge in [0.15, 0.2) is 0 Å². The van der Waals surface area contributed by atoms with E-state index in [0.29, 0.717) is 0 Å². The summed E-state index contributed by atoms with van der Waals surface area (Å²) < 4.78 is 0. The third-order valence-electron chi connectivity index (χ3n) is 2.51. The Labute approximate surface area is 83.2 Å². The molecule has 13 heavy (non-hydrogen) atoms. The molecule has 2 rings (SSSR count). The van der Waals surface area contributed by atoms with Gasteiger partial charge in [-0.25, -0.2) is 6.57 Å². The fourth-order valence-corrected chi connectivity index (χ4v) is 1.58. The van der Waals surface area contributed by atoms with Gasteiger partial charge in [0, 0.05) is 17.9 Å². The predicted octanol–water partition coefficient (Wildman–Crippen LogP) is 3.33. The molecule has 66 valence electrons. The number of rotatable bonds is 2. The molecule has 2 heteroatoms. The number of benzene rings is 1. The minimum atomic E-state index is -0.0617. The van der Waals surface area contributed by atoms with Gasteiger partial charge >= 0.3 is 0 Å². The summed E-state index contributed by atoms with van der Waals surface area (Å²) in [5.74, 6) is 0. The normalized spacial score (nSPS) is 17.8. The van der Waals surface area contributed by atoms with Crippen LogP contribution in [-0.2, 0) is 6.42 Å². The Kier molecular flexibility index (Phi) is 2.01. The van der Waals surface area contributed by atoms with Gasteiger partial charge in [-0.2, -0.15) is 0 Å². The molecule has 0 heterocycles. The summed E-state index contributed by atoms with van der Waals surface area (Å²) in [6, 6.07) is 7.79. The Hall–Kier alpha value is -1.00. The Morgan fingerprint density at radius 2 is 1.92 bits per heavy atom. The maximum absolute atomic E-state index is 7.06. The maximum atomic E-state index is 7.06. The number of hydrogen-bond acceptors (Lipinski definition) is 0. The third-order valence-corrected chi connectivity index (χ3v) is 2.76. The van der Waals surface area contributed by atoms with Crippen LogP contribution in [0.3, 0.4) is 0 Å². The van der Waals surface area contributed by atoms with Crippen LogP contribution in [0.2, 0.25) is 5.02 Å². The lowest BCUT2D eigenvalue weighted by atomic mass is 10.1. The van der Waals surface area contributed by atoms with E-state index in [1.54, 1.807) is 0 Å². The first-order valence-electron chi connectivity index (χ1n) is 4.37. The third kappa shape index (κ3) is 1.84. The van der Waals surface area contributed by atoms with E-state index < -0.39 is 0 Å².